The van der Waals surface area contributed by atoms with E-state index in [0.29, 0.717) is 35.7 Å². The summed E-state index contributed by atoms with van der Waals surface area (Å²) in [6, 6.07) is 7.54. The Morgan fingerprint density at radius 2 is 1.96 bits per heavy atom. The van der Waals surface area contributed by atoms with E-state index in [0.717, 1.165) is 6.07 Å². The van der Waals surface area contributed by atoms with Crippen molar-refractivity contribution < 1.29 is 18.3 Å². The molecule has 2 aromatic heterocycles. The Kier molecular flexibility index (Phi) is 4.71. The fourth-order valence-corrected chi connectivity index (χ4v) is 2.97. The molecule has 0 aliphatic rings. The third-order valence-corrected chi connectivity index (χ3v) is 4.14. The minimum atomic E-state index is -4.54. The van der Waals surface area contributed by atoms with Gasteiger partial charge in [0.2, 0.25) is 0 Å². The van der Waals surface area contributed by atoms with E-state index in [9.17, 15) is 13.2 Å². The molecule has 0 unspecified atom stereocenters. The first-order valence-electron chi connectivity index (χ1n) is 7.70. The van der Waals surface area contributed by atoms with Crippen molar-refractivity contribution in [1.82, 2.24) is 14.5 Å². The van der Waals surface area contributed by atoms with Crippen molar-refractivity contribution in [3.05, 3.63) is 52.4 Å². The maximum Gasteiger partial charge on any atom is 0.417 e. The number of pyridine rings is 1. The molecule has 0 aliphatic heterocycles. The van der Waals surface area contributed by atoms with E-state index in [1.807, 2.05) is 6.92 Å². The van der Waals surface area contributed by atoms with Gasteiger partial charge >= 0.3 is 6.18 Å². The molecule has 0 aliphatic carbocycles. The number of aliphatic hydroxyl groups excluding tert-OH is 1. The van der Waals surface area contributed by atoms with Gasteiger partial charge in [0.25, 0.3) is 0 Å². The van der Waals surface area contributed by atoms with Crippen LogP contribution in [0.3, 0.4) is 0 Å². The Balaban J connectivity index is 2.24. The number of hydrogen-bond donors (Lipinski definition) is 1. The largest absolute Gasteiger partial charge is 0.417 e. The first-order valence-corrected chi connectivity index (χ1v) is 8.08. The fraction of sp³-hybridized carbons (Fsp3) is 0.294. The summed E-state index contributed by atoms with van der Waals surface area (Å²) >= 11 is 5.87. The monoisotopic (exact) mass is 369 g/mol. The van der Waals surface area contributed by atoms with Crippen LogP contribution < -0.4 is 0 Å². The van der Waals surface area contributed by atoms with Gasteiger partial charge in [-0.15, -0.1) is 0 Å². The predicted molar refractivity (Wildman–Crippen MR) is 89.0 cm³/mol. The summed E-state index contributed by atoms with van der Waals surface area (Å²) in [6.45, 7) is 1.82. The molecule has 8 heteroatoms. The van der Waals surface area contributed by atoms with E-state index in [4.69, 9.17) is 16.7 Å². The lowest BCUT2D eigenvalue weighted by molar-refractivity contribution is -0.137. The highest BCUT2D eigenvalue weighted by Crippen LogP contribution is 2.37. The fourth-order valence-electron chi connectivity index (χ4n) is 2.70. The van der Waals surface area contributed by atoms with Gasteiger partial charge in [-0.05, 0) is 24.3 Å². The van der Waals surface area contributed by atoms with Crippen molar-refractivity contribution >= 4 is 22.6 Å². The Morgan fingerprint density at radius 3 is 2.60 bits per heavy atom. The van der Waals surface area contributed by atoms with Crippen LogP contribution in [-0.4, -0.2) is 26.2 Å². The molecular weight excluding hydrogens is 355 g/mol. The highest BCUT2D eigenvalue weighted by atomic mass is 35.5. The number of aryl methyl sites for hydroxylation is 1. The molecule has 132 valence electrons. The second kappa shape index (κ2) is 6.65. The summed E-state index contributed by atoms with van der Waals surface area (Å²) < 4.78 is 40.9. The van der Waals surface area contributed by atoms with Crippen molar-refractivity contribution in [3.63, 3.8) is 0 Å². The Morgan fingerprint density at radius 1 is 1.20 bits per heavy atom. The van der Waals surface area contributed by atoms with Crippen LogP contribution in [-0.2, 0) is 19.0 Å². The molecule has 0 saturated carbocycles. The third kappa shape index (κ3) is 3.34. The number of benzene rings is 1. The summed E-state index contributed by atoms with van der Waals surface area (Å²) in [5, 5.41) is 8.69. The lowest BCUT2D eigenvalue weighted by Gasteiger charge is -2.11. The molecule has 0 radical (unpaired) electrons. The van der Waals surface area contributed by atoms with Crippen molar-refractivity contribution in [2.45, 2.75) is 25.9 Å². The van der Waals surface area contributed by atoms with Gasteiger partial charge in [0.05, 0.1) is 21.6 Å². The molecule has 2 heterocycles. The molecule has 25 heavy (non-hydrogen) atoms. The molecule has 1 N–H and O–H groups in total. The Hall–Kier alpha value is -2.12. The molecule has 3 rings (SSSR count). The second-order valence-electron chi connectivity index (χ2n) is 5.50. The SMILES string of the molecule is CCc1nc2cc(C(F)(F)F)c(Cl)cc2n1-c1cccc(CCO)n1. The van der Waals surface area contributed by atoms with Crippen molar-refractivity contribution in [1.29, 1.82) is 0 Å². The summed E-state index contributed by atoms with van der Waals surface area (Å²) in [6.07, 6.45) is -3.64. The molecule has 3 aromatic rings. The van der Waals surface area contributed by atoms with Gasteiger partial charge in [-0.2, -0.15) is 13.2 Å². The van der Waals surface area contributed by atoms with Crippen LogP contribution in [0, 0.1) is 0 Å². The zero-order valence-corrected chi connectivity index (χ0v) is 14.1. The van der Waals surface area contributed by atoms with Crippen LogP contribution >= 0.6 is 11.6 Å². The molecule has 0 saturated heterocycles. The van der Waals surface area contributed by atoms with Crippen LogP contribution in [0.25, 0.3) is 16.9 Å². The average molecular weight is 370 g/mol. The lowest BCUT2D eigenvalue weighted by Crippen LogP contribution is -2.07. The number of rotatable bonds is 4. The molecule has 0 spiro atoms. The Labute approximate surface area is 146 Å². The van der Waals surface area contributed by atoms with Gasteiger partial charge in [0.1, 0.15) is 11.6 Å². The van der Waals surface area contributed by atoms with Gasteiger partial charge in [0, 0.05) is 25.1 Å². The highest BCUT2D eigenvalue weighted by molar-refractivity contribution is 6.32. The van der Waals surface area contributed by atoms with Crippen LogP contribution in [0.2, 0.25) is 5.02 Å². The summed E-state index contributed by atoms with van der Waals surface area (Å²) in [4.78, 5) is 8.78. The maximum atomic E-state index is 13.1. The standard InChI is InChI=1S/C17H15ClF3N3O/c1-2-15-23-13-8-11(17(19,20)21)12(18)9-14(13)24(15)16-5-3-4-10(22-16)6-7-25/h3-5,8-9,25H,2,6-7H2,1H3. The van der Waals surface area contributed by atoms with Crippen LogP contribution in [0.1, 0.15) is 24.0 Å². The van der Waals surface area contributed by atoms with Gasteiger partial charge in [0.15, 0.2) is 0 Å². The first-order chi connectivity index (χ1) is 11.8. The number of halogens is 4. The maximum absolute atomic E-state index is 13.1. The normalized spacial score (nSPS) is 12.1. The molecule has 0 atom stereocenters. The summed E-state index contributed by atoms with van der Waals surface area (Å²) in [5.74, 6) is 1.11. The molecular formula is C17H15ClF3N3O. The number of hydrogen-bond acceptors (Lipinski definition) is 3. The van der Waals surface area contributed by atoms with Gasteiger partial charge in [-0.1, -0.05) is 24.6 Å². The van der Waals surface area contributed by atoms with Crippen LogP contribution in [0.15, 0.2) is 30.3 Å². The van der Waals surface area contributed by atoms with E-state index in [1.165, 1.54) is 6.07 Å². The topological polar surface area (TPSA) is 50.9 Å². The van der Waals surface area contributed by atoms with Crippen molar-refractivity contribution in [3.8, 4) is 5.82 Å². The quantitative estimate of drug-likeness (QED) is 0.750. The zero-order chi connectivity index (χ0) is 18.2. The Bertz CT molecular complexity index is 921. The molecule has 0 amide bonds. The number of alkyl halides is 3. The number of imidazole rings is 1. The number of fused-ring (bicyclic) bond motifs is 1. The molecule has 1 aromatic carbocycles. The van der Waals surface area contributed by atoms with E-state index in [1.54, 1.807) is 22.8 Å². The summed E-state index contributed by atoms with van der Waals surface area (Å²) in [7, 11) is 0. The van der Waals surface area contributed by atoms with Crippen LogP contribution in [0.5, 0.6) is 0 Å². The lowest BCUT2D eigenvalue weighted by atomic mass is 10.2. The molecule has 0 fully saturated rings. The van der Waals surface area contributed by atoms with Crippen molar-refractivity contribution in [2.75, 3.05) is 6.61 Å². The van der Waals surface area contributed by atoms with E-state index in [2.05, 4.69) is 9.97 Å². The van der Waals surface area contributed by atoms with Gasteiger partial charge in [-0.25, -0.2) is 9.97 Å². The minimum Gasteiger partial charge on any atom is -0.396 e. The molecule has 0 bridgehead atoms. The third-order valence-electron chi connectivity index (χ3n) is 3.82. The smallest absolute Gasteiger partial charge is 0.396 e. The van der Waals surface area contributed by atoms with E-state index >= 15 is 0 Å². The van der Waals surface area contributed by atoms with Crippen LogP contribution in [0.4, 0.5) is 13.2 Å². The minimum absolute atomic E-state index is 0.0392. The van der Waals surface area contributed by atoms with E-state index in [-0.39, 0.29) is 17.1 Å². The average Bonchev–Trinajstić information content (AvgIpc) is 2.91. The number of aliphatic hydroxyl groups is 1. The first kappa shape index (κ1) is 17.7. The number of nitrogens with zero attached hydrogens (tertiary/aromatic N) is 3. The molecule has 4 nitrogen and oxygen atoms in total. The summed E-state index contributed by atoms with van der Waals surface area (Å²) in [5.41, 5.74) is 0.448. The number of aromatic nitrogens is 3. The van der Waals surface area contributed by atoms with Gasteiger partial charge in [-0.3, -0.25) is 4.57 Å². The van der Waals surface area contributed by atoms with E-state index < -0.39 is 11.7 Å². The predicted octanol–water partition coefficient (Wildman–Crippen LogP) is 4.19. The second-order valence-corrected chi connectivity index (χ2v) is 5.90. The highest BCUT2D eigenvalue weighted by Gasteiger charge is 2.34. The van der Waals surface area contributed by atoms with Crippen molar-refractivity contribution in [2.24, 2.45) is 0 Å². The zero-order valence-electron chi connectivity index (χ0n) is 13.3. The van der Waals surface area contributed by atoms with Gasteiger partial charge < -0.3 is 5.11 Å².